The lowest BCUT2D eigenvalue weighted by Gasteiger charge is -2.10. The van der Waals surface area contributed by atoms with Crippen molar-refractivity contribution in [2.75, 3.05) is 17.1 Å². The summed E-state index contributed by atoms with van der Waals surface area (Å²) >= 11 is 0. The zero-order valence-electron chi connectivity index (χ0n) is 18.3. The van der Waals surface area contributed by atoms with E-state index >= 15 is 0 Å². The maximum absolute atomic E-state index is 12.6. The number of carbonyl (C=O) groups is 1. The number of amides is 1. The molecule has 10 heteroatoms. The number of sulfonamides is 1. The van der Waals surface area contributed by atoms with Gasteiger partial charge in [-0.2, -0.15) is 4.98 Å². The smallest absolute Gasteiger partial charge is 0.261 e. The Morgan fingerprint density at radius 1 is 0.941 bits per heavy atom. The van der Waals surface area contributed by atoms with Gasteiger partial charge in [0, 0.05) is 29.8 Å². The van der Waals surface area contributed by atoms with Crippen LogP contribution in [0.25, 0.3) is 11.4 Å². The van der Waals surface area contributed by atoms with E-state index in [4.69, 9.17) is 9.26 Å². The van der Waals surface area contributed by atoms with Gasteiger partial charge in [0.1, 0.15) is 5.75 Å². The first-order valence-corrected chi connectivity index (χ1v) is 11.9. The highest BCUT2D eigenvalue weighted by Crippen LogP contribution is 2.21. The Morgan fingerprint density at radius 2 is 1.62 bits per heavy atom. The van der Waals surface area contributed by atoms with Crippen molar-refractivity contribution in [2.45, 2.75) is 17.7 Å². The number of ether oxygens (including phenoxy) is 1. The van der Waals surface area contributed by atoms with E-state index in [1.807, 2.05) is 30.3 Å². The molecule has 4 rings (SSSR count). The van der Waals surface area contributed by atoms with Crippen LogP contribution in [0.4, 0.5) is 11.4 Å². The number of aryl methyl sites for hydroxylation is 1. The van der Waals surface area contributed by atoms with Crippen molar-refractivity contribution in [2.24, 2.45) is 0 Å². The SMILES string of the molecule is COc1ccc(NS(=O)(=O)c2ccc(NC(=O)CCc3nc(-c4ccccc4)no3)cc2)cc1. The van der Waals surface area contributed by atoms with Crippen molar-refractivity contribution in [1.82, 2.24) is 10.1 Å². The number of benzene rings is 3. The second-order valence-corrected chi connectivity index (χ2v) is 8.97. The molecule has 0 aliphatic rings. The third-order valence-corrected chi connectivity index (χ3v) is 6.25. The second kappa shape index (κ2) is 10.2. The number of methoxy groups -OCH3 is 1. The van der Waals surface area contributed by atoms with Crippen LogP contribution in [-0.2, 0) is 21.2 Å². The van der Waals surface area contributed by atoms with Gasteiger partial charge in [-0.25, -0.2) is 8.42 Å². The van der Waals surface area contributed by atoms with Crippen molar-refractivity contribution >= 4 is 27.3 Å². The fourth-order valence-electron chi connectivity index (χ4n) is 3.10. The number of hydrogen-bond donors (Lipinski definition) is 2. The lowest BCUT2D eigenvalue weighted by Crippen LogP contribution is -2.14. The summed E-state index contributed by atoms with van der Waals surface area (Å²) in [4.78, 5) is 16.7. The molecule has 174 valence electrons. The highest BCUT2D eigenvalue weighted by atomic mass is 32.2. The van der Waals surface area contributed by atoms with Crippen molar-refractivity contribution in [3.8, 4) is 17.1 Å². The highest BCUT2D eigenvalue weighted by molar-refractivity contribution is 7.92. The molecular formula is C24H22N4O5S. The number of nitrogens with one attached hydrogen (secondary N) is 2. The first-order valence-electron chi connectivity index (χ1n) is 10.4. The monoisotopic (exact) mass is 478 g/mol. The molecule has 0 saturated carbocycles. The summed E-state index contributed by atoms with van der Waals surface area (Å²) in [5.41, 5.74) is 1.72. The minimum absolute atomic E-state index is 0.0700. The molecule has 0 unspecified atom stereocenters. The van der Waals surface area contributed by atoms with E-state index in [0.29, 0.717) is 28.8 Å². The van der Waals surface area contributed by atoms with Crippen LogP contribution in [0.5, 0.6) is 5.75 Å². The molecule has 2 N–H and O–H groups in total. The number of aromatic nitrogens is 2. The maximum Gasteiger partial charge on any atom is 0.261 e. The Kier molecular flexibility index (Phi) is 6.88. The van der Waals surface area contributed by atoms with Gasteiger partial charge >= 0.3 is 0 Å². The van der Waals surface area contributed by atoms with Gasteiger partial charge in [0.05, 0.1) is 12.0 Å². The number of carbonyl (C=O) groups excluding carboxylic acids is 1. The van der Waals surface area contributed by atoms with Crippen LogP contribution in [0, 0.1) is 0 Å². The summed E-state index contributed by atoms with van der Waals surface area (Å²) in [7, 11) is -2.24. The highest BCUT2D eigenvalue weighted by Gasteiger charge is 2.15. The molecule has 0 bridgehead atoms. The second-order valence-electron chi connectivity index (χ2n) is 7.28. The summed E-state index contributed by atoms with van der Waals surface area (Å²) < 4.78 is 38.0. The van der Waals surface area contributed by atoms with Crippen molar-refractivity contribution in [3.63, 3.8) is 0 Å². The fourth-order valence-corrected chi connectivity index (χ4v) is 4.15. The van der Waals surface area contributed by atoms with Crippen molar-refractivity contribution in [1.29, 1.82) is 0 Å². The van der Waals surface area contributed by atoms with E-state index in [0.717, 1.165) is 5.56 Å². The molecule has 0 spiro atoms. The van der Waals surface area contributed by atoms with Gasteiger partial charge in [-0.3, -0.25) is 9.52 Å². The average Bonchev–Trinajstić information content (AvgIpc) is 3.33. The number of anilines is 2. The summed E-state index contributed by atoms with van der Waals surface area (Å²) in [6, 6.07) is 21.8. The van der Waals surface area contributed by atoms with E-state index in [9.17, 15) is 13.2 Å². The molecule has 1 amide bonds. The van der Waals surface area contributed by atoms with Crippen LogP contribution >= 0.6 is 0 Å². The molecule has 0 saturated heterocycles. The molecule has 9 nitrogen and oxygen atoms in total. The Balaban J connectivity index is 1.31. The van der Waals surface area contributed by atoms with Gasteiger partial charge in [-0.1, -0.05) is 35.5 Å². The number of nitrogens with zero attached hydrogens (tertiary/aromatic N) is 2. The summed E-state index contributed by atoms with van der Waals surface area (Å²) in [6.07, 6.45) is 0.416. The Hall–Kier alpha value is -4.18. The lowest BCUT2D eigenvalue weighted by atomic mass is 10.2. The lowest BCUT2D eigenvalue weighted by molar-refractivity contribution is -0.116. The minimum atomic E-state index is -3.78. The van der Waals surface area contributed by atoms with Gasteiger partial charge in [-0.15, -0.1) is 0 Å². The number of hydrogen-bond acceptors (Lipinski definition) is 7. The predicted molar refractivity (Wildman–Crippen MR) is 127 cm³/mol. The Labute approximate surface area is 196 Å². The van der Waals surface area contributed by atoms with E-state index < -0.39 is 10.0 Å². The minimum Gasteiger partial charge on any atom is -0.497 e. The van der Waals surface area contributed by atoms with Crippen molar-refractivity contribution < 1.29 is 22.5 Å². The topological polar surface area (TPSA) is 123 Å². The first kappa shape index (κ1) is 23.0. The zero-order chi connectivity index (χ0) is 24.0. The van der Waals surface area contributed by atoms with Crippen molar-refractivity contribution in [3.05, 3.63) is 84.8 Å². The largest absolute Gasteiger partial charge is 0.497 e. The Bertz CT molecular complexity index is 1350. The molecule has 0 radical (unpaired) electrons. The molecule has 0 aliphatic carbocycles. The fraction of sp³-hybridized carbons (Fsp3) is 0.125. The standard InChI is InChI=1S/C24H22N4O5S/c1-32-20-11-7-19(8-12-20)28-34(30,31)21-13-9-18(10-14-21)25-22(29)15-16-23-26-24(27-33-23)17-5-3-2-4-6-17/h2-14,28H,15-16H2,1H3,(H,25,29). The molecule has 4 aromatic rings. The van der Waals surface area contributed by atoms with Crippen LogP contribution in [-0.4, -0.2) is 31.6 Å². The quantitative estimate of drug-likeness (QED) is 0.371. The third kappa shape index (κ3) is 5.78. The van der Waals surface area contributed by atoms with Gasteiger partial charge in [0.15, 0.2) is 0 Å². The average molecular weight is 479 g/mol. The van der Waals surface area contributed by atoms with E-state index in [-0.39, 0.29) is 23.6 Å². The van der Waals surface area contributed by atoms with Gasteiger partial charge in [0.2, 0.25) is 17.6 Å². The van der Waals surface area contributed by atoms with E-state index in [1.54, 1.807) is 24.3 Å². The molecule has 34 heavy (non-hydrogen) atoms. The molecular weight excluding hydrogens is 456 g/mol. The molecule has 1 aromatic heterocycles. The Morgan fingerprint density at radius 3 is 2.29 bits per heavy atom. The van der Waals surface area contributed by atoms with Crippen LogP contribution in [0.3, 0.4) is 0 Å². The van der Waals surface area contributed by atoms with Crippen LogP contribution in [0.15, 0.2) is 88.3 Å². The number of rotatable bonds is 9. The predicted octanol–water partition coefficient (Wildman–Crippen LogP) is 4.12. The van der Waals surface area contributed by atoms with Gasteiger partial charge < -0.3 is 14.6 Å². The van der Waals surface area contributed by atoms with E-state index in [2.05, 4.69) is 20.2 Å². The molecule has 0 aliphatic heterocycles. The molecule has 3 aromatic carbocycles. The van der Waals surface area contributed by atoms with Crippen LogP contribution in [0.2, 0.25) is 0 Å². The summed E-state index contributed by atoms with van der Waals surface area (Å²) in [5, 5.41) is 6.67. The molecule has 1 heterocycles. The van der Waals surface area contributed by atoms with Crippen LogP contribution in [0.1, 0.15) is 12.3 Å². The summed E-state index contributed by atoms with van der Waals surface area (Å²) in [6.45, 7) is 0. The van der Waals surface area contributed by atoms with Gasteiger partial charge in [-0.05, 0) is 48.5 Å². The normalized spacial score (nSPS) is 11.1. The maximum atomic E-state index is 12.6. The van der Waals surface area contributed by atoms with E-state index in [1.165, 1.54) is 31.4 Å². The van der Waals surface area contributed by atoms with Gasteiger partial charge in [0.25, 0.3) is 10.0 Å². The zero-order valence-corrected chi connectivity index (χ0v) is 19.1. The molecule has 0 atom stereocenters. The summed E-state index contributed by atoms with van der Waals surface area (Å²) in [5.74, 6) is 1.20. The van der Waals surface area contributed by atoms with Crippen LogP contribution < -0.4 is 14.8 Å². The third-order valence-electron chi connectivity index (χ3n) is 4.86. The molecule has 0 fully saturated rings. The first-order chi connectivity index (χ1) is 16.4.